The lowest BCUT2D eigenvalue weighted by molar-refractivity contribution is -0.146. The number of hydrogen-bond acceptors (Lipinski definition) is 6. The maximum absolute atomic E-state index is 11.7. The predicted octanol–water partition coefficient (Wildman–Crippen LogP) is 3.26. The van der Waals surface area contributed by atoms with Gasteiger partial charge in [0.1, 0.15) is 5.76 Å². The van der Waals surface area contributed by atoms with Crippen molar-refractivity contribution >= 4 is 29.5 Å². The van der Waals surface area contributed by atoms with Crippen molar-refractivity contribution in [3.8, 4) is 0 Å². The first-order valence-corrected chi connectivity index (χ1v) is 8.51. The van der Waals surface area contributed by atoms with Crippen molar-refractivity contribution in [2.45, 2.75) is 32.1 Å². The van der Waals surface area contributed by atoms with Gasteiger partial charge in [-0.1, -0.05) is 11.2 Å². The summed E-state index contributed by atoms with van der Waals surface area (Å²) in [6.45, 7) is 5.50. The molecule has 0 aliphatic heterocycles. The van der Waals surface area contributed by atoms with Crippen molar-refractivity contribution < 1.29 is 18.8 Å². The third kappa shape index (κ3) is 5.73. The molecule has 1 aromatic carbocycles. The standard InChI is InChI=1S/C17H20N2O4S/c1-11-4-5-14(8-12(11)2)24-7-6-17(21)22-10-16(20)18-15-9-13(3)23-19-15/h4-5,8-9H,6-7,10H2,1-3H3,(H,18,19,20). The lowest BCUT2D eigenvalue weighted by Gasteiger charge is -2.06. The minimum Gasteiger partial charge on any atom is -0.456 e. The molecule has 1 amide bonds. The van der Waals surface area contributed by atoms with Crippen molar-refractivity contribution in [2.75, 3.05) is 17.7 Å². The summed E-state index contributed by atoms with van der Waals surface area (Å²) < 4.78 is 9.77. The number of aryl methyl sites for hydroxylation is 3. The second-order valence-corrected chi connectivity index (χ2v) is 6.54. The summed E-state index contributed by atoms with van der Waals surface area (Å²) in [5.74, 6) is 0.645. The average Bonchev–Trinajstić information content (AvgIpc) is 2.94. The van der Waals surface area contributed by atoms with Crippen molar-refractivity contribution in [1.82, 2.24) is 5.16 Å². The highest BCUT2D eigenvalue weighted by molar-refractivity contribution is 7.99. The summed E-state index contributed by atoms with van der Waals surface area (Å²) in [4.78, 5) is 24.4. The fourth-order valence-corrected chi connectivity index (χ4v) is 2.81. The predicted molar refractivity (Wildman–Crippen MR) is 92.1 cm³/mol. The number of thioether (sulfide) groups is 1. The van der Waals surface area contributed by atoms with Crippen molar-refractivity contribution in [3.63, 3.8) is 0 Å². The van der Waals surface area contributed by atoms with Gasteiger partial charge in [0, 0.05) is 16.7 Å². The summed E-state index contributed by atoms with van der Waals surface area (Å²) in [7, 11) is 0. The molecule has 0 aliphatic rings. The van der Waals surface area contributed by atoms with Gasteiger partial charge in [-0.25, -0.2) is 0 Å². The number of benzene rings is 1. The third-order valence-electron chi connectivity index (χ3n) is 3.31. The van der Waals surface area contributed by atoms with Crippen molar-refractivity contribution in [2.24, 2.45) is 0 Å². The summed E-state index contributed by atoms with van der Waals surface area (Å²) in [6, 6.07) is 7.77. The molecule has 0 radical (unpaired) electrons. The zero-order chi connectivity index (χ0) is 17.5. The summed E-state index contributed by atoms with van der Waals surface area (Å²) in [5, 5.41) is 6.11. The van der Waals surface area contributed by atoms with Crippen LogP contribution in [-0.2, 0) is 14.3 Å². The minimum absolute atomic E-state index is 0.244. The molecule has 0 saturated heterocycles. The highest BCUT2D eigenvalue weighted by Gasteiger charge is 2.10. The molecule has 2 rings (SSSR count). The smallest absolute Gasteiger partial charge is 0.307 e. The molecule has 24 heavy (non-hydrogen) atoms. The van der Waals surface area contributed by atoms with E-state index in [1.165, 1.54) is 11.1 Å². The molecule has 0 fully saturated rings. The molecule has 1 N–H and O–H groups in total. The number of hydrogen-bond donors (Lipinski definition) is 1. The molecule has 0 atom stereocenters. The van der Waals surface area contributed by atoms with E-state index in [0.29, 0.717) is 17.3 Å². The van der Waals surface area contributed by atoms with Gasteiger partial charge in [-0.05, 0) is 44.0 Å². The molecule has 2 aromatic rings. The Labute approximate surface area is 144 Å². The van der Waals surface area contributed by atoms with E-state index in [1.54, 1.807) is 24.8 Å². The number of nitrogens with one attached hydrogen (secondary N) is 1. The van der Waals surface area contributed by atoms with Crippen LogP contribution in [0.25, 0.3) is 0 Å². The second kappa shape index (κ2) is 8.54. The van der Waals surface area contributed by atoms with Gasteiger partial charge in [0.25, 0.3) is 5.91 Å². The first-order chi connectivity index (χ1) is 11.4. The van der Waals surface area contributed by atoms with Gasteiger partial charge in [0.2, 0.25) is 0 Å². The Morgan fingerprint density at radius 3 is 2.67 bits per heavy atom. The number of amides is 1. The normalized spacial score (nSPS) is 10.5. The number of aromatic nitrogens is 1. The maximum atomic E-state index is 11.7. The number of nitrogens with zero attached hydrogens (tertiary/aromatic N) is 1. The Bertz CT molecular complexity index is 727. The molecular formula is C17H20N2O4S. The van der Waals surface area contributed by atoms with E-state index in [-0.39, 0.29) is 13.0 Å². The van der Waals surface area contributed by atoms with Gasteiger partial charge in [-0.15, -0.1) is 11.8 Å². The molecule has 0 saturated carbocycles. The Balaban J connectivity index is 1.65. The van der Waals surface area contributed by atoms with Crippen molar-refractivity contribution in [1.29, 1.82) is 0 Å². The molecule has 0 bridgehead atoms. The molecule has 0 aliphatic carbocycles. The third-order valence-corrected chi connectivity index (χ3v) is 4.31. The SMILES string of the molecule is Cc1cc(NC(=O)COC(=O)CCSc2ccc(C)c(C)c2)no1. The molecule has 0 unspecified atom stereocenters. The van der Waals surface area contributed by atoms with E-state index < -0.39 is 11.9 Å². The van der Waals surface area contributed by atoms with Crippen LogP contribution in [0.15, 0.2) is 33.7 Å². The zero-order valence-electron chi connectivity index (χ0n) is 13.9. The Hall–Kier alpha value is -2.28. The first-order valence-electron chi connectivity index (χ1n) is 7.53. The zero-order valence-corrected chi connectivity index (χ0v) is 14.7. The van der Waals surface area contributed by atoms with E-state index in [4.69, 9.17) is 9.26 Å². The van der Waals surface area contributed by atoms with Gasteiger partial charge in [0.05, 0.1) is 6.42 Å². The maximum Gasteiger partial charge on any atom is 0.307 e. The lowest BCUT2D eigenvalue weighted by Crippen LogP contribution is -2.21. The monoisotopic (exact) mass is 348 g/mol. The highest BCUT2D eigenvalue weighted by atomic mass is 32.2. The number of carbonyl (C=O) groups excluding carboxylic acids is 2. The fraction of sp³-hybridized carbons (Fsp3) is 0.353. The highest BCUT2D eigenvalue weighted by Crippen LogP contribution is 2.21. The van der Waals surface area contributed by atoms with Gasteiger partial charge >= 0.3 is 5.97 Å². The van der Waals surface area contributed by atoms with Gasteiger partial charge in [0.15, 0.2) is 12.4 Å². The molecule has 1 aromatic heterocycles. The molecule has 1 heterocycles. The van der Waals surface area contributed by atoms with Crippen molar-refractivity contribution in [3.05, 3.63) is 41.2 Å². The summed E-state index contributed by atoms with van der Waals surface area (Å²) in [5.41, 5.74) is 2.47. The lowest BCUT2D eigenvalue weighted by atomic mass is 10.1. The van der Waals surface area contributed by atoms with Crippen LogP contribution < -0.4 is 5.32 Å². The Morgan fingerprint density at radius 1 is 1.21 bits per heavy atom. The molecule has 0 spiro atoms. The molecule has 6 nitrogen and oxygen atoms in total. The molecular weight excluding hydrogens is 328 g/mol. The van der Waals surface area contributed by atoms with Gasteiger partial charge in [-0.3, -0.25) is 9.59 Å². The Kier molecular flexibility index (Phi) is 6.43. The quantitative estimate of drug-likeness (QED) is 0.611. The number of rotatable bonds is 7. The van der Waals surface area contributed by atoms with Crippen LogP contribution in [0.4, 0.5) is 5.82 Å². The first kappa shape index (κ1) is 18.1. The van der Waals surface area contributed by atoms with E-state index in [0.717, 1.165) is 4.90 Å². The van der Waals surface area contributed by atoms with Crippen LogP contribution in [0, 0.1) is 20.8 Å². The summed E-state index contributed by atoms with van der Waals surface area (Å²) >= 11 is 1.59. The number of ether oxygens (including phenoxy) is 1. The topological polar surface area (TPSA) is 81.4 Å². The van der Waals surface area contributed by atoms with Crippen LogP contribution in [0.3, 0.4) is 0 Å². The van der Waals surface area contributed by atoms with E-state index in [1.807, 2.05) is 6.07 Å². The van der Waals surface area contributed by atoms with Gasteiger partial charge < -0.3 is 14.6 Å². The largest absolute Gasteiger partial charge is 0.456 e. The van der Waals surface area contributed by atoms with Crippen LogP contribution in [-0.4, -0.2) is 29.4 Å². The number of carbonyl (C=O) groups is 2. The number of esters is 1. The van der Waals surface area contributed by atoms with E-state index in [9.17, 15) is 9.59 Å². The van der Waals surface area contributed by atoms with Crippen LogP contribution in [0.1, 0.15) is 23.3 Å². The van der Waals surface area contributed by atoms with E-state index >= 15 is 0 Å². The van der Waals surface area contributed by atoms with Crippen LogP contribution in [0.5, 0.6) is 0 Å². The molecule has 128 valence electrons. The average molecular weight is 348 g/mol. The second-order valence-electron chi connectivity index (χ2n) is 5.38. The Morgan fingerprint density at radius 2 is 2.00 bits per heavy atom. The van der Waals surface area contributed by atoms with Crippen LogP contribution in [0.2, 0.25) is 0 Å². The minimum atomic E-state index is -0.446. The van der Waals surface area contributed by atoms with E-state index in [2.05, 4.69) is 36.5 Å². The fourth-order valence-electron chi connectivity index (χ4n) is 1.88. The van der Waals surface area contributed by atoms with Crippen LogP contribution >= 0.6 is 11.8 Å². The van der Waals surface area contributed by atoms with Gasteiger partial charge in [-0.2, -0.15) is 0 Å². The summed E-state index contributed by atoms with van der Waals surface area (Å²) in [6.07, 6.45) is 0.244. The molecule has 7 heteroatoms. The number of anilines is 1.